The third-order valence-electron chi connectivity index (χ3n) is 8.61. The fourth-order valence-electron chi connectivity index (χ4n) is 6.37. The van der Waals surface area contributed by atoms with Crippen molar-refractivity contribution in [2.45, 2.75) is 6.92 Å². The molecule has 0 saturated heterocycles. The van der Waals surface area contributed by atoms with E-state index in [4.69, 9.17) is 4.98 Å². The smallest absolute Gasteiger partial charge is 0.220 e. The molecule has 3 heteroatoms. The van der Waals surface area contributed by atoms with Crippen LogP contribution in [0, 0.1) is 0 Å². The Hall–Kier alpha value is -5.93. The molecule has 0 amide bonds. The van der Waals surface area contributed by atoms with Gasteiger partial charge in [0, 0.05) is 0 Å². The zero-order valence-electron chi connectivity index (χ0n) is 25.1. The van der Waals surface area contributed by atoms with E-state index < -0.39 is 0 Å². The summed E-state index contributed by atoms with van der Waals surface area (Å²) in [5.74, 6) is 0.886. The highest BCUT2D eigenvalue weighted by Crippen LogP contribution is 2.36. The lowest BCUT2D eigenvalue weighted by molar-refractivity contribution is 1.11. The normalized spacial score (nSPS) is 11.9. The van der Waals surface area contributed by atoms with E-state index >= 15 is 0 Å². The maximum atomic E-state index is 5.33. The molecular weight excluding hydrogens is 546 g/mol. The number of imidazole rings is 2. The molecule has 0 aliphatic heterocycles. The van der Waals surface area contributed by atoms with Crippen LogP contribution < -0.4 is 0 Å². The Morgan fingerprint density at radius 2 is 1.13 bits per heavy atom. The van der Waals surface area contributed by atoms with Crippen molar-refractivity contribution in [3.05, 3.63) is 170 Å². The number of hydrogen-bond acceptors (Lipinski definition) is 1. The number of benzene rings is 6. The molecule has 8 rings (SSSR count). The molecule has 2 aromatic heterocycles. The fourth-order valence-corrected chi connectivity index (χ4v) is 6.37. The molecule has 214 valence electrons. The molecule has 45 heavy (non-hydrogen) atoms. The molecule has 0 N–H and O–H groups in total. The van der Waals surface area contributed by atoms with Gasteiger partial charge in [-0.1, -0.05) is 122 Å². The molecule has 0 saturated carbocycles. The lowest BCUT2D eigenvalue weighted by atomic mass is 9.98. The van der Waals surface area contributed by atoms with Crippen molar-refractivity contribution < 1.29 is 0 Å². The van der Waals surface area contributed by atoms with Gasteiger partial charge in [0.1, 0.15) is 0 Å². The van der Waals surface area contributed by atoms with E-state index in [9.17, 15) is 0 Å². The number of hydrogen-bond donors (Lipinski definition) is 0. The van der Waals surface area contributed by atoms with Gasteiger partial charge in [0.25, 0.3) is 0 Å². The maximum absolute atomic E-state index is 5.33. The Bertz CT molecular complexity index is 2320. The van der Waals surface area contributed by atoms with E-state index in [2.05, 4.69) is 174 Å². The van der Waals surface area contributed by atoms with E-state index in [1.54, 1.807) is 0 Å². The van der Waals surface area contributed by atoms with Crippen LogP contribution in [0.1, 0.15) is 12.5 Å². The standard InChI is InChI=1S/C42H31N3/c1-3-13-29(2)33-20-23-40-41(28-33)44(42-43-38-27-34(21-22-39(38)45(40)42)30-14-7-4-8-15-30)37-25-35(31-16-9-5-10-17-31)24-36(26-37)32-18-11-6-12-19-32/h3-28H,1H2,2H3. The van der Waals surface area contributed by atoms with E-state index in [0.29, 0.717) is 0 Å². The lowest BCUT2D eigenvalue weighted by Crippen LogP contribution is -1.97. The van der Waals surface area contributed by atoms with Crippen LogP contribution >= 0.6 is 0 Å². The highest BCUT2D eigenvalue weighted by molar-refractivity contribution is 5.95. The summed E-state index contributed by atoms with van der Waals surface area (Å²) in [5, 5.41) is 0. The Morgan fingerprint density at radius 1 is 0.556 bits per heavy atom. The van der Waals surface area contributed by atoms with Crippen LogP contribution in [0.2, 0.25) is 0 Å². The van der Waals surface area contributed by atoms with Crippen LogP contribution in [-0.4, -0.2) is 14.0 Å². The molecule has 0 unspecified atom stereocenters. The minimum absolute atomic E-state index is 0.886. The minimum Gasteiger partial charge on any atom is -0.278 e. The first kappa shape index (κ1) is 26.7. The maximum Gasteiger partial charge on any atom is 0.220 e. The molecule has 0 atom stereocenters. The van der Waals surface area contributed by atoms with Gasteiger partial charge in [-0.3, -0.25) is 8.97 Å². The van der Waals surface area contributed by atoms with Crippen LogP contribution in [0.25, 0.3) is 72.5 Å². The van der Waals surface area contributed by atoms with Gasteiger partial charge in [-0.15, -0.1) is 0 Å². The molecule has 0 bridgehead atoms. The lowest BCUT2D eigenvalue weighted by Gasteiger charge is -2.13. The quantitative estimate of drug-likeness (QED) is 0.180. The molecule has 2 heterocycles. The molecule has 0 aliphatic carbocycles. The summed E-state index contributed by atoms with van der Waals surface area (Å²) in [4.78, 5) is 5.33. The second kappa shape index (κ2) is 11.0. The second-order valence-electron chi connectivity index (χ2n) is 11.4. The van der Waals surface area contributed by atoms with Crippen molar-refractivity contribution in [2.24, 2.45) is 0 Å². The molecule has 6 aromatic carbocycles. The van der Waals surface area contributed by atoms with Gasteiger partial charge in [-0.25, -0.2) is 4.98 Å². The Balaban J connectivity index is 1.45. The van der Waals surface area contributed by atoms with Crippen LogP contribution in [0.5, 0.6) is 0 Å². The SMILES string of the molecule is C=CC=C(C)c1ccc2c(c1)n(-c1cc(-c3ccccc3)cc(-c3ccccc3)c1)c1nc3cc(-c4ccccc4)ccc3n21. The van der Waals surface area contributed by atoms with Gasteiger partial charge < -0.3 is 0 Å². The van der Waals surface area contributed by atoms with E-state index in [0.717, 1.165) is 61.4 Å². The van der Waals surface area contributed by atoms with Crippen LogP contribution in [-0.2, 0) is 0 Å². The highest BCUT2D eigenvalue weighted by Gasteiger charge is 2.20. The summed E-state index contributed by atoms with van der Waals surface area (Å²) in [6, 6.07) is 51.9. The Labute approximate surface area is 262 Å². The van der Waals surface area contributed by atoms with Crippen LogP contribution in [0.3, 0.4) is 0 Å². The molecule has 3 nitrogen and oxygen atoms in total. The average Bonchev–Trinajstić information content (AvgIpc) is 3.63. The van der Waals surface area contributed by atoms with E-state index in [-0.39, 0.29) is 0 Å². The van der Waals surface area contributed by atoms with E-state index in [1.165, 1.54) is 16.7 Å². The van der Waals surface area contributed by atoms with Crippen molar-refractivity contribution in [3.8, 4) is 39.1 Å². The molecule has 0 radical (unpaired) electrons. The van der Waals surface area contributed by atoms with Gasteiger partial charge in [0.05, 0.1) is 27.8 Å². The minimum atomic E-state index is 0.886. The first-order chi connectivity index (χ1) is 22.2. The summed E-state index contributed by atoms with van der Waals surface area (Å²) in [6.45, 7) is 6.05. The zero-order chi connectivity index (χ0) is 30.3. The van der Waals surface area contributed by atoms with Crippen LogP contribution in [0.15, 0.2) is 164 Å². The number of aromatic nitrogens is 3. The number of rotatable bonds is 6. The summed E-state index contributed by atoms with van der Waals surface area (Å²) in [5.41, 5.74) is 14.7. The first-order valence-electron chi connectivity index (χ1n) is 15.3. The fraction of sp³-hybridized carbons (Fsp3) is 0.0238. The molecule has 0 fully saturated rings. The topological polar surface area (TPSA) is 22.2 Å². The molecule has 0 spiro atoms. The predicted octanol–water partition coefficient (Wildman–Crippen LogP) is 11.0. The largest absolute Gasteiger partial charge is 0.278 e. The third kappa shape index (κ3) is 4.66. The number of allylic oxidation sites excluding steroid dienone is 3. The summed E-state index contributed by atoms with van der Waals surface area (Å²) in [6.07, 6.45) is 3.91. The second-order valence-corrected chi connectivity index (χ2v) is 11.4. The molecule has 0 aliphatic rings. The predicted molar refractivity (Wildman–Crippen MR) is 190 cm³/mol. The van der Waals surface area contributed by atoms with Gasteiger partial charge in [0.2, 0.25) is 5.78 Å². The molecular formula is C42H31N3. The zero-order valence-corrected chi connectivity index (χ0v) is 25.1. The van der Waals surface area contributed by atoms with Crippen molar-refractivity contribution in [1.82, 2.24) is 14.0 Å². The summed E-state index contributed by atoms with van der Waals surface area (Å²) >= 11 is 0. The Morgan fingerprint density at radius 3 is 1.73 bits per heavy atom. The van der Waals surface area contributed by atoms with Gasteiger partial charge in [-0.2, -0.15) is 0 Å². The van der Waals surface area contributed by atoms with Gasteiger partial charge in [-0.05, 0) is 93.9 Å². The highest BCUT2D eigenvalue weighted by atomic mass is 15.2. The van der Waals surface area contributed by atoms with Gasteiger partial charge in [0.15, 0.2) is 0 Å². The van der Waals surface area contributed by atoms with E-state index in [1.807, 2.05) is 6.08 Å². The summed E-state index contributed by atoms with van der Waals surface area (Å²) in [7, 11) is 0. The summed E-state index contributed by atoms with van der Waals surface area (Å²) < 4.78 is 4.62. The van der Waals surface area contributed by atoms with Crippen molar-refractivity contribution in [3.63, 3.8) is 0 Å². The van der Waals surface area contributed by atoms with Gasteiger partial charge >= 0.3 is 0 Å². The third-order valence-corrected chi connectivity index (χ3v) is 8.61. The Kier molecular flexibility index (Phi) is 6.50. The monoisotopic (exact) mass is 577 g/mol. The first-order valence-corrected chi connectivity index (χ1v) is 15.3. The number of fused-ring (bicyclic) bond motifs is 5. The van der Waals surface area contributed by atoms with Crippen molar-refractivity contribution >= 4 is 33.4 Å². The van der Waals surface area contributed by atoms with Crippen molar-refractivity contribution in [2.75, 3.05) is 0 Å². The van der Waals surface area contributed by atoms with Crippen LogP contribution in [0.4, 0.5) is 0 Å². The average molecular weight is 578 g/mol. The molecule has 8 aromatic rings. The number of nitrogens with zero attached hydrogens (tertiary/aromatic N) is 3. The van der Waals surface area contributed by atoms with Crippen molar-refractivity contribution in [1.29, 1.82) is 0 Å².